The van der Waals surface area contributed by atoms with Crippen molar-refractivity contribution in [1.29, 1.82) is 0 Å². The first-order valence-corrected chi connectivity index (χ1v) is 4.06. The predicted octanol–water partition coefficient (Wildman–Crippen LogP) is 1.77. The summed E-state index contributed by atoms with van der Waals surface area (Å²) in [4.78, 5) is 0. The topological polar surface area (TPSA) is 26.0 Å². The molecule has 0 unspecified atom stereocenters. The molecule has 9 heavy (non-hydrogen) atoms. The summed E-state index contributed by atoms with van der Waals surface area (Å²) in [5.74, 6) is 1.86. The van der Waals surface area contributed by atoms with Gasteiger partial charge >= 0.3 is 0 Å². The number of hydrogen-bond acceptors (Lipinski definition) is 1. The fourth-order valence-corrected chi connectivity index (χ4v) is 1.76. The molecule has 1 nitrogen and oxygen atoms in total. The molecule has 0 aromatic rings. The fourth-order valence-electron chi connectivity index (χ4n) is 1.76. The van der Waals surface area contributed by atoms with Crippen molar-refractivity contribution in [3.63, 3.8) is 0 Å². The summed E-state index contributed by atoms with van der Waals surface area (Å²) in [6.07, 6.45) is 5.57. The zero-order valence-electron chi connectivity index (χ0n) is 6.27. The lowest BCUT2D eigenvalue weighted by Gasteiger charge is -2.05. The molecule has 54 valence electrons. The van der Waals surface area contributed by atoms with E-state index in [9.17, 15) is 0 Å². The van der Waals surface area contributed by atoms with Crippen LogP contribution in [-0.4, -0.2) is 6.54 Å². The molecule has 0 aliphatic heterocycles. The summed E-state index contributed by atoms with van der Waals surface area (Å²) in [5.41, 5.74) is 5.55. The van der Waals surface area contributed by atoms with Crippen LogP contribution in [0.15, 0.2) is 0 Å². The SMILES string of the molecule is CC[C@@H]1CC[C@H](CN)C1. The molecular weight excluding hydrogens is 110 g/mol. The Kier molecular flexibility index (Phi) is 2.52. The number of hydrogen-bond donors (Lipinski definition) is 1. The van der Waals surface area contributed by atoms with Crippen LogP contribution in [0.5, 0.6) is 0 Å². The van der Waals surface area contributed by atoms with E-state index >= 15 is 0 Å². The van der Waals surface area contributed by atoms with Crippen LogP contribution < -0.4 is 5.73 Å². The summed E-state index contributed by atoms with van der Waals surface area (Å²) in [6, 6.07) is 0. The van der Waals surface area contributed by atoms with Gasteiger partial charge in [0.15, 0.2) is 0 Å². The fraction of sp³-hybridized carbons (Fsp3) is 1.00. The zero-order valence-corrected chi connectivity index (χ0v) is 6.27. The summed E-state index contributed by atoms with van der Waals surface area (Å²) in [7, 11) is 0. The second-order valence-corrected chi connectivity index (χ2v) is 3.19. The van der Waals surface area contributed by atoms with Crippen molar-refractivity contribution in [2.45, 2.75) is 32.6 Å². The zero-order chi connectivity index (χ0) is 6.69. The van der Waals surface area contributed by atoms with Gasteiger partial charge in [-0.1, -0.05) is 19.8 Å². The quantitative estimate of drug-likeness (QED) is 0.601. The molecule has 2 N–H and O–H groups in total. The van der Waals surface area contributed by atoms with Gasteiger partial charge in [-0.2, -0.15) is 0 Å². The highest BCUT2D eigenvalue weighted by Gasteiger charge is 2.21. The van der Waals surface area contributed by atoms with Gasteiger partial charge in [0.2, 0.25) is 0 Å². The molecule has 1 aliphatic carbocycles. The highest BCUT2D eigenvalue weighted by atomic mass is 14.6. The predicted molar refractivity (Wildman–Crippen MR) is 40.2 cm³/mol. The van der Waals surface area contributed by atoms with Crippen LogP contribution in [-0.2, 0) is 0 Å². The normalized spacial score (nSPS) is 35.3. The summed E-state index contributed by atoms with van der Waals surface area (Å²) >= 11 is 0. The molecule has 0 heterocycles. The van der Waals surface area contributed by atoms with Crippen molar-refractivity contribution < 1.29 is 0 Å². The second kappa shape index (κ2) is 3.21. The Labute approximate surface area is 57.6 Å². The Morgan fingerprint density at radius 2 is 2.00 bits per heavy atom. The van der Waals surface area contributed by atoms with Gasteiger partial charge in [-0.05, 0) is 31.2 Å². The summed E-state index contributed by atoms with van der Waals surface area (Å²) in [5, 5.41) is 0. The van der Waals surface area contributed by atoms with Crippen LogP contribution in [0.2, 0.25) is 0 Å². The van der Waals surface area contributed by atoms with E-state index < -0.39 is 0 Å². The molecule has 1 aliphatic rings. The van der Waals surface area contributed by atoms with Gasteiger partial charge < -0.3 is 5.73 Å². The van der Waals surface area contributed by atoms with E-state index in [1.165, 1.54) is 25.7 Å². The minimum absolute atomic E-state index is 0.856. The molecule has 0 bridgehead atoms. The first kappa shape index (κ1) is 7.07. The molecule has 1 heteroatoms. The summed E-state index contributed by atoms with van der Waals surface area (Å²) in [6.45, 7) is 3.19. The van der Waals surface area contributed by atoms with Gasteiger partial charge in [0.1, 0.15) is 0 Å². The van der Waals surface area contributed by atoms with Crippen LogP contribution in [0, 0.1) is 11.8 Å². The van der Waals surface area contributed by atoms with Crippen LogP contribution in [0.3, 0.4) is 0 Å². The van der Waals surface area contributed by atoms with E-state index in [-0.39, 0.29) is 0 Å². The molecule has 1 rings (SSSR count). The molecule has 0 amide bonds. The third-order valence-electron chi connectivity index (χ3n) is 2.56. The molecule has 0 spiro atoms. The maximum Gasteiger partial charge on any atom is -0.00488 e. The molecule has 0 saturated heterocycles. The van der Waals surface area contributed by atoms with Crippen molar-refractivity contribution >= 4 is 0 Å². The largest absolute Gasteiger partial charge is 0.330 e. The smallest absolute Gasteiger partial charge is 0.00488 e. The molecule has 1 saturated carbocycles. The van der Waals surface area contributed by atoms with Gasteiger partial charge in [0.25, 0.3) is 0 Å². The van der Waals surface area contributed by atoms with Crippen molar-refractivity contribution in [1.82, 2.24) is 0 Å². The van der Waals surface area contributed by atoms with E-state index in [1.54, 1.807) is 0 Å². The standard InChI is InChI=1S/C8H17N/c1-2-7-3-4-8(5-7)6-9/h7-8H,2-6,9H2,1H3/t7-,8+/m1/s1. The van der Waals surface area contributed by atoms with E-state index in [0.717, 1.165) is 18.4 Å². The Hall–Kier alpha value is -0.0400. The van der Waals surface area contributed by atoms with E-state index in [4.69, 9.17) is 5.73 Å². The molecular formula is C8H17N. The Morgan fingerprint density at radius 1 is 1.33 bits per heavy atom. The highest BCUT2D eigenvalue weighted by molar-refractivity contribution is 4.74. The third kappa shape index (κ3) is 1.68. The van der Waals surface area contributed by atoms with Crippen LogP contribution in [0.1, 0.15) is 32.6 Å². The second-order valence-electron chi connectivity index (χ2n) is 3.19. The maximum absolute atomic E-state index is 5.55. The van der Waals surface area contributed by atoms with Crippen molar-refractivity contribution in [3.8, 4) is 0 Å². The van der Waals surface area contributed by atoms with E-state index in [1.807, 2.05) is 0 Å². The Bertz CT molecular complexity index is 70.6. The molecule has 1 fully saturated rings. The van der Waals surface area contributed by atoms with Crippen molar-refractivity contribution in [2.24, 2.45) is 17.6 Å². The van der Waals surface area contributed by atoms with Gasteiger partial charge in [0.05, 0.1) is 0 Å². The molecule has 0 aromatic heterocycles. The van der Waals surface area contributed by atoms with Crippen LogP contribution in [0.4, 0.5) is 0 Å². The number of rotatable bonds is 2. The minimum Gasteiger partial charge on any atom is -0.330 e. The van der Waals surface area contributed by atoms with Crippen LogP contribution in [0.25, 0.3) is 0 Å². The monoisotopic (exact) mass is 127 g/mol. The number of nitrogens with two attached hydrogens (primary N) is 1. The highest BCUT2D eigenvalue weighted by Crippen LogP contribution is 2.31. The van der Waals surface area contributed by atoms with Gasteiger partial charge in [0, 0.05) is 0 Å². The average Bonchev–Trinajstić information content (AvgIpc) is 2.34. The van der Waals surface area contributed by atoms with E-state index in [2.05, 4.69) is 6.92 Å². The average molecular weight is 127 g/mol. The minimum atomic E-state index is 0.856. The first-order chi connectivity index (χ1) is 4.36. The van der Waals surface area contributed by atoms with Crippen molar-refractivity contribution in [2.75, 3.05) is 6.54 Å². The van der Waals surface area contributed by atoms with Crippen molar-refractivity contribution in [3.05, 3.63) is 0 Å². The van der Waals surface area contributed by atoms with Crippen LogP contribution >= 0.6 is 0 Å². The van der Waals surface area contributed by atoms with E-state index in [0.29, 0.717) is 0 Å². The molecule has 0 aromatic carbocycles. The lowest BCUT2D eigenvalue weighted by molar-refractivity contribution is 0.486. The van der Waals surface area contributed by atoms with Gasteiger partial charge in [-0.15, -0.1) is 0 Å². The Morgan fingerprint density at radius 3 is 2.33 bits per heavy atom. The summed E-state index contributed by atoms with van der Waals surface area (Å²) < 4.78 is 0. The molecule has 0 radical (unpaired) electrons. The molecule has 2 atom stereocenters. The lowest BCUT2D eigenvalue weighted by atomic mass is 10.0. The third-order valence-corrected chi connectivity index (χ3v) is 2.56. The van der Waals surface area contributed by atoms with Gasteiger partial charge in [-0.3, -0.25) is 0 Å². The maximum atomic E-state index is 5.55. The first-order valence-electron chi connectivity index (χ1n) is 4.06. The van der Waals surface area contributed by atoms with Gasteiger partial charge in [-0.25, -0.2) is 0 Å². The lowest BCUT2D eigenvalue weighted by Crippen LogP contribution is -2.10. The Balaban J connectivity index is 2.20.